The molecule has 0 radical (unpaired) electrons. The van der Waals surface area contributed by atoms with E-state index in [-0.39, 0.29) is 11.3 Å². The van der Waals surface area contributed by atoms with Crippen molar-refractivity contribution in [2.75, 3.05) is 0 Å². The summed E-state index contributed by atoms with van der Waals surface area (Å²) in [7, 11) is 0. The predicted molar refractivity (Wildman–Crippen MR) is 52.9 cm³/mol. The molecule has 1 aromatic carbocycles. The van der Waals surface area contributed by atoms with E-state index in [4.69, 9.17) is 10.5 Å². The van der Waals surface area contributed by atoms with Gasteiger partial charge in [-0.3, -0.25) is 5.73 Å². The van der Waals surface area contributed by atoms with Crippen LogP contribution in [0, 0.1) is 0 Å². The molecule has 0 amide bonds. The van der Waals surface area contributed by atoms with Gasteiger partial charge in [0.1, 0.15) is 11.3 Å². The number of halogens is 1. The molecule has 3 N–H and O–H groups in total. The molecule has 14 heavy (non-hydrogen) atoms. The van der Waals surface area contributed by atoms with E-state index in [2.05, 4.69) is 15.9 Å². The summed E-state index contributed by atoms with van der Waals surface area (Å²) < 4.78 is 5.57. The highest BCUT2D eigenvalue weighted by Gasteiger charge is 2.28. The molecule has 2 rings (SSSR count). The Bertz CT molecular complexity index is 405. The Balaban J connectivity index is 2.63. The molecule has 0 aromatic heterocycles. The lowest BCUT2D eigenvalue weighted by atomic mass is 10.0. The normalized spacial score (nSPS) is 20.1. The van der Waals surface area contributed by atoms with E-state index >= 15 is 0 Å². The second-order valence-electron chi connectivity index (χ2n) is 3.07. The summed E-state index contributed by atoms with van der Waals surface area (Å²) in [5.74, 6) is -0.641. The first-order valence-electron chi connectivity index (χ1n) is 4.06. The van der Waals surface area contributed by atoms with Gasteiger partial charge in [-0.15, -0.1) is 0 Å². The minimum atomic E-state index is -0.631. The molecule has 0 saturated heterocycles. The first-order chi connectivity index (χ1) is 6.59. The third-order valence-electron chi connectivity index (χ3n) is 2.10. The standard InChI is InChI=1S/C9H8BrNO3/c10-5-1-2-6(12)8-4(5)3-7(11)14-9(8)13/h1-2,7,12H,3,11H2. The average molecular weight is 258 g/mol. The van der Waals surface area contributed by atoms with Crippen LogP contribution in [0.4, 0.5) is 0 Å². The highest BCUT2D eigenvalue weighted by Crippen LogP contribution is 2.32. The number of carbonyl (C=O) groups is 1. The number of ether oxygens (including phenoxy) is 1. The van der Waals surface area contributed by atoms with Crippen molar-refractivity contribution < 1.29 is 14.6 Å². The fraction of sp³-hybridized carbons (Fsp3) is 0.222. The summed E-state index contributed by atoms with van der Waals surface area (Å²) in [6, 6.07) is 3.13. The number of cyclic esters (lactones) is 1. The van der Waals surface area contributed by atoms with Crippen molar-refractivity contribution in [1.82, 2.24) is 0 Å². The molecule has 1 aliphatic rings. The number of nitrogens with two attached hydrogens (primary N) is 1. The zero-order valence-electron chi connectivity index (χ0n) is 7.16. The van der Waals surface area contributed by atoms with Crippen LogP contribution in [-0.2, 0) is 11.2 Å². The number of rotatable bonds is 0. The van der Waals surface area contributed by atoms with Gasteiger partial charge in [0, 0.05) is 10.9 Å². The van der Waals surface area contributed by atoms with Crippen molar-refractivity contribution in [2.45, 2.75) is 12.6 Å². The van der Waals surface area contributed by atoms with E-state index < -0.39 is 12.2 Å². The zero-order valence-corrected chi connectivity index (χ0v) is 8.74. The minimum Gasteiger partial charge on any atom is -0.507 e. The first-order valence-corrected chi connectivity index (χ1v) is 4.86. The molecule has 4 nitrogen and oxygen atoms in total. The van der Waals surface area contributed by atoms with Crippen molar-refractivity contribution in [2.24, 2.45) is 5.73 Å². The van der Waals surface area contributed by atoms with E-state index in [1.54, 1.807) is 6.07 Å². The Morgan fingerprint density at radius 1 is 1.57 bits per heavy atom. The second kappa shape index (κ2) is 3.25. The van der Waals surface area contributed by atoms with Gasteiger partial charge < -0.3 is 9.84 Å². The fourth-order valence-corrected chi connectivity index (χ4v) is 1.97. The summed E-state index contributed by atoms with van der Waals surface area (Å²) >= 11 is 3.30. The van der Waals surface area contributed by atoms with Gasteiger partial charge in [-0.25, -0.2) is 4.79 Å². The van der Waals surface area contributed by atoms with E-state index in [1.165, 1.54) is 6.07 Å². The minimum absolute atomic E-state index is 0.0694. The number of phenolic OH excluding ortho intramolecular Hbond substituents is 1. The quantitative estimate of drug-likeness (QED) is 0.685. The second-order valence-corrected chi connectivity index (χ2v) is 3.92. The van der Waals surface area contributed by atoms with Crippen molar-refractivity contribution >= 4 is 21.9 Å². The highest BCUT2D eigenvalue weighted by molar-refractivity contribution is 9.10. The molecule has 1 aliphatic heterocycles. The Morgan fingerprint density at radius 2 is 2.29 bits per heavy atom. The first kappa shape index (κ1) is 9.48. The van der Waals surface area contributed by atoms with Crippen LogP contribution < -0.4 is 5.73 Å². The molecule has 0 aliphatic carbocycles. The topological polar surface area (TPSA) is 72.5 Å². The van der Waals surface area contributed by atoms with Crippen LogP contribution in [0.3, 0.4) is 0 Å². The smallest absolute Gasteiger partial charge is 0.343 e. The van der Waals surface area contributed by atoms with E-state index in [9.17, 15) is 9.90 Å². The van der Waals surface area contributed by atoms with Crippen LogP contribution in [0.1, 0.15) is 15.9 Å². The molecule has 1 unspecified atom stereocenters. The lowest BCUT2D eigenvalue weighted by Crippen LogP contribution is -2.34. The summed E-state index contributed by atoms with van der Waals surface area (Å²) in [6.45, 7) is 0. The molecule has 1 atom stereocenters. The summed E-state index contributed by atoms with van der Waals surface area (Å²) in [4.78, 5) is 11.4. The molecular formula is C9H8BrNO3. The number of hydrogen-bond donors (Lipinski definition) is 2. The molecule has 5 heteroatoms. The molecular weight excluding hydrogens is 250 g/mol. The molecule has 1 aromatic rings. The van der Waals surface area contributed by atoms with Crippen molar-refractivity contribution in [3.8, 4) is 5.75 Å². The van der Waals surface area contributed by atoms with Crippen LogP contribution in [0.5, 0.6) is 5.75 Å². The van der Waals surface area contributed by atoms with E-state index in [1.807, 2.05) is 0 Å². The van der Waals surface area contributed by atoms with Crippen molar-refractivity contribution in [3.63, 3.8) is 0 Å². The van der Waals surface area contributed by atoms with Gasteiger partial charge in [0.2, 0.25) is 0 Å². The Labute approximate surface area is 88.8 Å². The summed E-state index contributed by atoms with van der Waals surface area (Å²) in [6.07, 6.45) is -0.219. The van der Waals surface area contributed by atoms with Crippen molar-refractivity contribution in [3.05, 3.63) is 27.7 Å². The lowest BCUT2D eigenvalue weighted by Gasteiger charge is -2.22. The van der Waals surface area contributed by atoms with Crippen LogP contribution >= 0.6 is 15.9 Å². The number of carbonyl (C=O) groups excluding carboxylic acids is 1. The monoisotopic (exact) mass is 257 g/mol. The molecule has 1 heterocycles. The predicted octanol–water partition coefficient (Wildman–Crippen LogP) is 1.15. The third kappa shape index (κ3) is 1.38. The number of esters is 1. The molecule has 74 valence electrons. The third-order valence-corrected chi connectivity index (χ3v) is 2.84. The molecule has 0 bridgehead atoms. The number of hydrogen-bond acceptors (Lipinski definition) is 4. The summed E-state index contributed by atoms with van der Waals surface area (Å²) in [5, 5.41) is 9.47. The Hall–Kier alpha value is -1.07. The van der Waals surface area contributed by atoms with Gasteiger partial charge in [0.25, 0.3) is 0 Å². The van der Waals surface area contributed by atoms with E-state index in [0.717, 1.165) is 4.47 Å². The van der Waals surface area contributed by atoms with Gasteiger partial charge in [0.15, 0.2) is 6.23 Å². The average Bonchev–Trinajstić information content (AvgIpc) is 2.10. The molecule has 0 saturated carbocycles. The number of benzene rings is 1. The highest BCUT2D eigenvalue weighted by atomic mass is 79.9. The Morgan fingerprint density at radius 3 is 3.00 bits per heavy atom. The Kier molecular flexibility index (Phi) is 2.20. The van der Waals surface area contributed by atoms with Crippen LogP contribution in [-0.4, -0.2) is 17.3 Å². The number of aromatic hydroxyl groups is 1. The maximum Gasteiger partial charge on any atom is 0.343 e. The number of phenols is 1. The maximum atomic E-state index is 11.4. The van der Waals surface area contributed by atoms with Crippen molar-refractivity contribution in [1.29, 1.82) is 0 Å². The van der Waals surface area contributed by atoms with Gasteiger partial charge in [-0.05, 0) is 17.7 Å². The SMILES string of the molecule is NC1Cc2c(Br)ccc(O)c2C(=O)O1. The van der Waals surface area contributed by atoms with Gasteiger partial charge in [-0.2, -0.15) is 0 Å². The van der Waals surface area contributed by atoms with Crippen LogP contribution in [0.25, 0.3) is 0 Å². The number of fused-ring (bicyclic) bond motifs is 1. The summed E-state index contributed by atoms with van der Waals surface area (Å²) in [5.41, 5.74) is 6.43. The zero-order chi connectivity index (χ0) is 10.3. The molecule has 0 spiro atoms. The largest absolute Gasteiger partial charge is 0.507 e. The fourth-order valence-electron chi connectivity index (χ4n) is 1.48. The lowest BCUT2D eigenvalue weighted by molar-refractivity contribution is 0.0269. The van der Waals surface area contributed by atoms with Gasteiger partial charge in [0.05, 0.1) is 0 Å². The molecule has 0 fully saturated rings. The van der Waals surface area contributed by atoms with E-state index in [0.29, 0.717) is 12.0 Å². The van der Waals surface area contributed by atoms with Crippen LogP contribution in [0.15, 0.2) is 16.6 Å². The van der Waals surface area contributed by atoms with Gasteiger partial charge >= 0.3 is 5.97 Å². The van der Waals surface area contributed by atoms with Gasteiger partial charge in [-0.1, -0.05) is 15.9 Å². The maximum absolute atomic E-state index is 11.4. The van der Waals surface area contributed by atoms with Crippen LogP contribution in [0.2, 0.25) is 0 Å².